The van der Waals surface area contributed by atoms with Gasteiger partial charge in [-0.3, -0.25) is 0 Å². The minimum atomic E-state index is 0. The van der Waals surface area contributed by atoms with E-state index in [2.05, 4.69) is 23.3 Å². The highest BCUT2D eigenvalue weighted by molar-refractivity contribution is 14.0. The van der Waals surface area contributed by atoms with E-state index in [-0.39, 0.29) is 30.1 Å². The van der Waals surface area contributed by atoms with E-state index in [1.54, 1.807) is 7.11 Å². The molecule has 2 aromatic rings. The van der Waals surface area contributed by atoms with E-state index in [0.29, 0.717) is 19.1 Å². The van der Waals surface area contributed by atoms with Gasteiger partial charge in [0.25, 0.3) is 0 Å². The molecular weight excluding hydrogens is 457 g/mol. The summed E-state index contributed by atoms with van der Waals surface area (Å²) in [5.41, 5.74) is 9.01. The van der Waals surface area contributed by atoms with Crippen molar-refractivity contribution in [3.8, 4) is 17.2 Å². The number of hydrogen-bond acceptors (Lipinski definition) is 4. The second-order valence-electron chi connectivity index (χ2n) is 6.19. The van der Waals surface area contributed by atoms with Gasteiger partial charge in [-0.25, -0.2) is 4.99 Å². The smallest absolute Gasteiger partial charge is 0.193 e. The number of methoxy groups -OCH3 is 1. The highest BCUT2D eigenvalue weighted by Crippen LogP contribution is 2.35. The maximum Gasteiger partial charge on any atom is 0.193 e. The number of fused-ring (bicyclic) bond motifs is 1. The van der Waals surface area contributed by atoms with E-state index < -0.39 is 0 Å². The van der Waals surface area contributed by atoms with Crippen LogP contribution in [0.2, 0.25) is 0 Å². The van der Waals surface area contributed by atoms with Gasteiger partial charge in [0.15, 0.2) is 5.96 Å². The molecule has 6 nitrogen and oxygen atoms in total. The fourth-order valence-electron chi connectivity index (χ4n) is 2.93. The first-order chi connectivity index (χ1) is 12.6. The fraction of sp³-hybridized carbons (Fsp3) is 0.350. The molecule has 0 amide bonds. The number of anilines is 1. The van der Waals surface area contributed by atoms with Crippen molar-refractivity contribution < 1.29 is 14.2 Å². The summed E-state index contributed by atoms with van der Waals surface area (Å²) in [5.74, 6) is 2.88. The molecular formula is C20H26IN3O3. The van der Waals surface area contributed by atoms with Gasteiger partial charge < -0.3 is 25.3 Å². The Hall–Kier alpha value is -2.16. The fourth-order valence-corrected chi connectivity index (χ4v) is 2.93. The molecule has 0 fully saturated rings. The van der Waals surface area contributed by atoms with E-state index in [0.717, 1.165) is 34.9 Å². The first-order valence-corrected chi connectivity index (χ1v) is 8.75. The van der Waals surface area contributed by atoms with Crippen LogP contribution < -0.4 is 25.3 Å². The van der Waals surface area contributed by atoms with Crippen molar-refractivity contribution in [2.24, 2.45) is 10.7 Å². The third kappa shape index (κ3) is 5.41. The van der Waals surface area contributed by atoms with Crippen LogP contribution in [0, 0.1) is 0 Å². The molecule has 0 radical (unpaired) electrons. The molecule has 1 aliphatic heterocycles. The lowest BCUT2D eigenvalue weighted by molar-refractivity contribution is 0.254. The van der Waals surface area contributed by atoms with Crippen molar-refractivity contribution in [1.29, 1.82) is 0 Å². The Balaban J connectivity index is 0.00000261. The molecule has 2 aromatic carbocycles. The van der Waals surface area contributed by atoms with E-state index in [1.807, 2.05) is 37.3 Å². The van der Waals surface area contributed by atoms with Crippen molar-refractivity contribution >= 4 is 35.6 Å². The number of ether oxygens (including phenoxy) is 3. The Morgan fingerprint density at radius 3 is 2.70 bits per heavy atom. The summed E-state index contributed by atoms with van der Waals surface area (Å²) in [4.78, 5) is 4.44. The van der Waals surface area contributed by atoms with Crippen LogP contribution in [-0.2, 0) is 13.0 Å². The molecule has 1 atom stereocenters. The number of nitrogens with zero attached hydrogens (tertiary/aromatic N) is 1. The van der Waals surface area contributed by atoms with Crippen LogP contribution in [0.15, 0.2) is 41.4 Å². The summed E-state index contributed by atoms with van der Waals surface area (Å²) in [5, 5.41) is 3.07. The Morgan fingerprint density at radius 2 is 2.04 bits per heavy atom. The van der Waals surface area contributed by atoms with Crippen molar-refractivity contribution in [1.82, 2.24) is 0 Å². The Morgan fingerprint density at radius 1 is 1.30 bits per heavy atom. The lowest BCUT2D eigenvalue weighted by Gasteiger charge is -2.12. The van der Waals surface area contributed by atoms with E-state index in [4.69, 9.17) is 19.9 Å². The van der Waals surface area contributed by atoms with Gasteiger partial charge in [-0.05, 0) is 50.2 Å². The standard InChI is InChI=1S/C20H25N3O3.HI/c1-4-25-18-10-14-9-13(2)26-19(14)11-15(18)12-22-20(21)23-16-5-7-17(24-3)8-6-16;/h5-8,10-11,13H,4,9,12H2,1-3H3,(H3,21,22,23);1H. The molecule has 3 N–H and O–H groups in total. The lowest BCUT2D eigenvalue weighted by atomic mass is 10.1. The Kier molecular flexibility index (Phi) is 7.58. The number of rotatable bonds is 6. The van der Waals surface area contributed by atoms with Gasteiger partial charge in [0.05, 0.1) is 20.3 Å². The highest BCUT2D eigenvalue weighted by atomic mass is 127. The third-order valence-electron chi connectivity index (χ3n) is 4.16. The largest absolute Gasteiger partial charge is 0.497 e. The topological polar surface area (TPSA) is 78.1 Å². The van der Waals surface area contributed by atoms with Crippen LogP contribution in [0.1, 0.15) is 25.0 Å². The minimum absolute atomic E-state index is 0. The molecule has 0 aromatic heterocycles. The maximum atomic E-state index is 6.02. The molecule has 3 rings (SSSR count). The van der Waals surface area contributed by atoms with Gasteiger partial charge in [-0.1, -0.05) is 0 Å². The molecule has 0 spiro atoms. The predicted molar refractivity (Wildman–Crippen MR) is 119 cm³/mol. The molecule has 1 aliphatic rings. The van der Waals surface area contributed by atoms with Gasteiger partial charge >= 0.3 is 0 Å². The first kappa shape index (κ1) is 21.1. The quantitative estimate of drug-likeness (QED) is 0.370. The van der Waals surface area contributed by atoms with Crippen LogP contribution in [0.4, 0.5) is 5.69 Å². The Labute approximate surface area is 177 Å². The van der Waals surface area contributed by atoms with Crippen LogP contribution in [0.5, 0.6) is 17.2 Å². The predicted octanol–water partition coefficient (Wildman–Crippen LogP) is 3.96. The summed E-state index contributed by atoms with van der Waals surface area (Å²) < 4.78 is 16.8. The SMILES string of the molecule is CCOc1cc2c(cc1CN=C(N)Nc1ccc(OC)cc1)OC(C)C2.I. The molecule has 0 saturated heterocycles. The van der Waals surface area contributed by atoms with Crippen LogP contribution in [0.3, 0.4) is 0 Å². The molecule has 1 heterocycles. The van der Waals surface area contributed by atoms with E-state index in [9.17, 15) is 0 Å². The van der Waals surface area contributed by atoms with Gasteiger partial charge in [0.2, 0.25) is 0 Å². The summed E-state index contributed by atoms with van der Waals surface area (Å²) >= 11 is 0. The van der Waals surface area contributed by atoms with Crippen LogP contribution in [0.25, 0.3) is 0 Å². The summed E-state index contributed by atoms with van der Waals surface area (Å²) in [6.45, 7) is 5.05. The van der Waals surface area contributed by atoms with E-state index in [1.165, 1.54) is 5.56 Å². The zero-order chi connectivity index (χ0) is 18.5. The summed E-state index contributed by atoms with van der Waals surface area (Å²) in [7, 11) is 1.63. The number of hydrogen-bond donors (Lipinski definition) is 2. The second kappa shape index (κ2) is 9.68. The van der Waals surface area contributed by atoms with E-state index >= 15 is 0 Å². The zero-order valence-corrected chi connectivity index (χ0v) is 18.2. The molecule has 7 heteroatoms. The number of halogens is 1. The first-order valence-electron chi connectivity index (χ1n) is 8.75. The molecule has 0 aliphatic carbocycles. The van der Waals surface area contributed by atoms with Gasteiger partial charge in [-0.15, -0.1) is 24.0 Å². The van der Waals surface area contributed by atoms with Gasteiger partial charge in [0, 0.05) is 23.2 Å². The van der Waals surface area contributed by atoms with Gasteiger partial charge in [0.1, 0.15) is 23.4 Å². The monoisotopic (exact) mass is 483 g/mol. The number of nitrogens with two attached hydrogens (primary N) is 1. The molecule has 0 bridgehead atoms. The van der Waals surface area contributed by atoms with Crippen LogP contribution >= 0.6 is 24.0 Å². The summed E-state index contributed by atoms with van der Waals surface area (Å²) in [6, 6.07) is 11.6. The van der Waals surface area contributed by atoms with Crippen molar-refractivity contribution in [3.63, 3.8) is 0 Å². The van der Waals surface area contributed by atoms with Crippen molar-refractivity contribution in [2.75, 3.05) is 19.0 Å². The van der Waals surface area contributed by atoms with Gasteiger partial charge in [-0.2, -0.15) is 0 Å². The Bertz CT molecular complexity index is 794. The average molecular weight is 483 g/mol. The minimum Gasteiger partial charge on any atom is -0.497 e. The summed E-state index contributed by atoms with van der Waals surface area (Å²) in [6.07, 6.45) is 1.10. The normalized spacial score (nSPS) is 15.4. The number of nitrogens with one attached hydrogen (secondary N) is 1. The van der Waals surface area contributed by atoms with Crippen molar-refractivity contribution in [2.45, 2.75) is 32.9 Å². The third-order valence-corrected chi connectivity index (χ3v) is 4.16. The maximum absolute atomic E-state index is 6.02. The lowest BCUT2D eigenvalue weighted by Crippen LogP contribution is -2.22. The second-order valence-corrected chi connectivity index (χ2v) is 6.19. The average Bonchev–Trinajstić information content (AvgIpc) is 2.99. The zero-order valence-electron chi connectivity index (χ0n) is 15.8. The molecule has 0 saturated carbocycles. The molecule has 27 heavy (non-hydrogen) atoms. The van der Waals surface area contributed by atoms with Crippen molar-refractivity contribution in [3.05, 3.63) is 47.5 Å². The highest BCUT2D eigenvalue weighted by Gasteiger charge is 2.21. The number of guanidine groups is 1. The molecule has 1 unspecified atom stereocenters. The van der Waals surface area contributed by atoms with Crippen LogP contribution in [-0.4, -0.2) is 25.8 Å². The number of aliphatic imine (C=N–C) groups is 1. The molecule has 146 valence electrons. The number of benzene rings is 2.